The average molecular weight is 261 g/mol. The van der Waals surface area contributed by atoms with Crippen LogP contribution < -0.4 is 11.1 Å². The Hall–Kier alpha value is -0.910. The largest absolute Gasteiger partial charge is 0.409 e. The van der Waals surface area contributed by atoms with Gasteiger partial charge < -0.3 is 16.3 Å². The van der Waals surface area contributed by atoms with Crippen LogP contribution in [0.4, 0.5) is 0 Å². The Morgan fingerprint density at radius 1 is 1.53 bits per heavy atom. The van der Waals surface area contributed by atoms with E-state index in [4.69, 9.17) is 10.9 Å². The number of hydrogen-bond donors (Lipinski definition) is 3. The predicted octanol–water partition coefficient (Wildman–Crippen LogP) is 1.41. The molecule has 4 N–H and O–H groups in total. The van der Waals surface area contributed by atoms with Crippen molar-refractivity contribution in [2.45, 2.75) is 40.2 Å². The Morgan fingerprint density at radius 2 is 2.12 bits per heavy atom. The summed E-state index contributed by atoms with van der Waals surface area (Å²) in [5, 5.41) is 14.5. The number of nitrogens with one attached hydrogen (secondary N) is 1. The molecule has 0 aliphatic heterocycles. The van der Waals surface area contributed by atoms with E-state index in [1.165, 1.54) is 0 Å². The topological polar surface area (TPSA) is 87.7 Å². The SMILES string of the molecule is CC(C)NC(=O)CSCCC(C)(C)C(N)=NO. The highest BCUT2D eigenvalue weighted by molar-refractivity contribution is 7.99. The first-order valence-corrected chi connectivity index (χ1v) is 6.80. The van der Waals surface area contributed by atoms with Crippen LogP contribution in [0.25, 0.3) is 0 Å². The van der Waals surface area contributed by atoms with Crippen molar-refractivity contribution in [3.8, 4) is 0 Å². The van der Waals surface area contributed by atoms with Crippen LogP contribution in [0.3, 0.4) is 0 Å². The summed E-state index contributed by atoms with van der Waals surface area (Å²) in [4.78, 5) is 11.3. The molecule has 0 aromatic rings. The van der Waals surface area contributed by atoms with Gasteiger partial charge in [-0.3, -0.25) is 4.79 Å². The third kappa shape index (κ3) is 7.10. The van der Waals surface area contributed by atoms with E-state index in [1.54, 1.807) is 11.8 Å². The highest BCUT2D eigenvalue weighted by Crippen LogP contribution is 2.22. The van der Waals surface area contributed by atoms with Gasteiger partial charge in [-0.2, -0.15) is 11.8 Å². The zero-order valence-corrected chi connectivity index (χ0v) is 11.8. The molecule has 0 atom stereocenters. The number of rotatable bonds is 7. The highest BCUT2D eigenvalue weighted by atomic mass is 32.2. The van der Waals surface area contributed by atoms with Crippen LogP contribution in [0.15, 0.2) is 5.16 Å². The number of amides is 1. The fourth-order valence-corrected chi connectivity index (χ4v) is 2.19. The Labute approximate surface area is 107 Å². The van der Waals surface area contributed by atoms with E-state index in [0.29, 0.717) is 5.75 Å². The number of nitrogens with two attached hydrogens (primary N) is 1. The van der Waals surface area contributed by atoms with Crippen molar-refractivity contribution in [1.82, 2.24) is 5.32 Å². The molecule has 0 saturated carbocycles. The molecular formula is C11H23N3O2S. The van der Waals surface area contributed by atoms with Gasteiger partial charge in [-0.25, -0.2) is 0 Å². The molecular weight excluding hydrogens is 238 g/mol. The van der Waals surface area contributed by atoms with Gasteiger partial charge in [0, 0.05) is 11.5 Å². The lowest BCUT2D eigenvalue weighted by atomic mass is 9.89. The summed E-state index contributed by atoms with van der Waals surface area (Å²) in [5.74, 6) is 1.52. The molecule has 5 nitrogen and oxygen atoms in total. The van der Waals surface area contributed by atoms with Gasteiger partial charge >= 0.3 is 0 Å². The van der Waals surface area contributed by atoms with E-state index in [0.717, 1.165) is 12.2 Å². The van der Waals surface area contributed by atoms with Crippen molar-refractivity contribution in [3.63, 3.8) is 0 Å². The monoisotopic (exact) mass is 261 g/mol. The average Bonchev–Trinajstić information content (AvgIpc) is 2.22. The maximum absolute atomic E-state index is 11.3. The lowest BCUT2D eigenvalue weighted by molar-refractivity contribution is -0.119. The third-order valence-electron chi connectivity index (χ3n) is 2.36. The number of thioether (sulfide) groups is 1. The lowest BCUT2D eigenvalue weighted by Crippen LogP contribution is -2.33. The van der Waals surface area contributed by atoms with E-state index in [-0.39, 0.29) is 23.2 Å². The number of oxime groups is 1. The summed E-state index contributed by atoms with van der Waals surface area (Å²) in [6, 6.07) is 0.178. The van der Waals surface area contributed by atoms with Gasteiger partial charge in [0.1, 0.15) is 5.84 Å². The molecule has 6 heteroatoms. The number of carbonyl (C=O) groups is 1. The summed E-state index contributed by atoms with van der Waals surface area (Å²) in [6.07, 6.45) is 0.766. The first kappa shape index (κ1) is 16.1. The minimum Gasteiger partial charge on any atom is -0.409 e. The van der Waals surface area contributed by atoms with Crippen LogP contribution in [-0.2, 0) is 4.79 Å². The molecule has 0 rings (SSSR count). The molecule has 100 valence electrons. The standard InChI is InChI=1S/C11H23N3O2S/c1-8(2)13-9(15)7-17-6-5-11(3,4)10(12)14-16/h8,16H,5-7H2,1-4H3,(H2,12,14)(H,13,15). The zero-order chi connectivity index (χ0) is 13.5. The Balaban J connectivity index is 3.82. The quantitative estimate of drug-likeness (QED) is 0.212. The summed E-state index contributed by atoms with van der Waals surface area (Å²) >= 11 is 1.55. The van der Waals surface area contributed by atoms with Crippen molar-refractivity contribution >= 4 is 23.5 Å². The minimum atomic E-state index is -0.337. The molecule has 17 heavy (non-hydrogen) atoms. The molecule has 1 amide bonds. The second-order valence-electron chi connectivity index (χ2n) is 4.89. The van der Waals surface area contributed by atoms with E-state index in [9.17, 15) is 4.79 Å². The molecule has 0 fully saturated rings. The molecule has 0 spiro atoms. The van der Waals surface area contributed by atoms with Gasteiger partial charge in [-0.05, 0) is 26.0 Å². The predicted molar refractivity (Wildman–Crippen MR) is 72.4 cm³/mol. The van der Waals surface area contributed by atoms with E-state index in [2.05, 4.69) is 10.5 Å². The van der Waals surface area contributed by atoms with Crippen molar-refractivity contribution < 1.29 is 10.0 Å². The normalized spacial score (nSPS) is 12.9. The van der Waals surface area contributed by atoms with Crippen LogP contribution in [0.5, 0.6) is 0 Å². The van der Waals surface area contributed by atoms with Crippen LogP contribution in [0.2, 0.25) is 0 Å². The highest BCUT2D eigenvalue weighted by Gasteiger charge is 2.23. The third-order valence-corrected chi connectivity index (χ3v) is 3.31. The number of carbonyl (C=O) groups excluding carboxylic acids is 1. The fourth-order valence-electron chi connectivity index (χ4n) is 1.12. The lowest BCUT2D eigenvalue weighted by Gasteiger charge is -2.22. The number of amidine groups is 1. The Kier molecular flexibility index (Phi) is 7.03. The number of hydrogen-bond acceptors (Lipinski definition) is 4. The molecule has 0 aliphatic carbocycles. The van der Waals surface area contributed by atoms with Gasteiger partial charge in [-0.1, -0.05) is 19.0 Å². The molecule has 0 aromatic carbocycles. The molecule has 0 saturated heterocycles. The fraction of sp³-hybridized carbons (Fsp3) is 0.818. The van der Waals surface area contributed by atoms with Crippen molar-refractivity contribution in [1.29, 1.82) is 0 Å². The van der Waals surface area contributed by atoms with Crippen molar-refractivity contribution in [2.75, 3.05) is 11.5 Å². The molecule has 0 unspecified atom stereocenters. The van der Waals surface area contributed by atoms with Gasteiger partial charge in [0.2, 0.25) is 5.91 Å². The Bertz CT molecular complexity index is 278. The van der Waals surface area contributed by atoms with E-state index < -0.39 is 0 Å². The Morgan fingerprint density at radius 3 is 2.59 bits per heavy atom. The van der Waals surface area contributed by atoms with Crippen LogP contribution in [-0.4, -0.2) is 34.5 Å². The molecule has 0 radical (unpaired) electrons. The minimum absolute atomic E-state index is 0.0478. The maximum atomic E-state index is 11.3. The van der Waals surface area contributed by atoms with E-state index in [1.807, 2.05) is 27.7 Å². The van der Waals surface area contributed by atoms with Gasteiger partial charge in [0.15, 0.2) is 0 Å². The maximum Gasteiger partial charge on any atom is 0.230 e. The van der Waals surface area contributed by atoms with Crippen LogP contribution in [0.1, 0.15) is 34.1 Å². The van der Waals surface area contributed by atoms with Crippen molar-refractivity contribution in [3.05, 3.63) is 0 Å². The first-order valence-electron chi connectivity index (χ1n) is 5.64. The van der Waals surface area contributed by atoms with Crippen molar-refractivity contribution in [2.24, 2.45) is 16.3 Å². The summed E-state index contributed by atoms with van der Waals surface area (Å²) in [7, 11) is 0. The van der Waals surface area contributed by atoms with Gasteiger partial charge in [-0.15, -0.1) is 0 Å². The molecule has 0 aromatic heterocycles. The second kappa shape index (κ2) is 7.42. The van der Waals surface area contributed by atoms with Gasteiger partial charge in [0.25, 0.3) is 0 Å². The first-order chi connectivity index (χ1) is 7.79. The summed E-state index contributed by atoms with van der Waals surface area (Å²) in [6.45, 7) is 7.70. The molecule has 0 heterocycles. The molecule has 0 aliphatic rings. The second-order valence-corrected chi connectivity index (χ2v) is 6.00. The van der Waals surface area contributed by atoms with E-state index >= 15 is 0 Å². The summed E-state index contributed by atoms with van der Waals surface area (Å²) in [5.41, 5.74) is 5.23. The van der Waals surface area contributed by atoms with Crippen LogP contribution >= 0.6 is 11.8 Å². The zero-order valence-electron chi connectivity index (χ0n) is 11.0. The van der Waals surface area contributed by atoms with Gasteiger partial charge in [0.05, 0.1) is 5.75 Å². The summed E-state index contributed by atoms with van der Waals surface area (Å²) < 4.78 is 0. The van der Waals surface area contributed by atoms with Crippen LogP contribution in [0, 0.1) is 5.41 Å². The number of nitrogens with zero attached hydrogens (tertiary/aromatic N) is 1. The smallest absolute Gasteiger partial charge is 0.230 e. The molecule has 0 bridgehead atoms.